The van der Waals surface area contributed by atoms with Gasteiger partial charge in [-0.3, -0.25) is 0 Å². The number of aromatic nitrogens is 1. The summed E-state index contributed by atoms with van der Waals surface area (Å²) >= 11 is 1.05. The van der Waals surface area contributed by atoms with E-state index in [1.807, 2.05) is 0 Å². The maximum atomic E-state index is 13.2. The van der Waals surface area contributed by atoms with E-state index in [1.54, 1.807) is 5.38 Å². The molecule has 19 heavy (non-hydrogen) atoms. The Bertz CT molecular complexity index is 577. The maximum Gasteiger partial charge on any atom is 0.417 e. The molecule has 0 aliphatic rings. The topological polar surface area (TPSA) is 38.9 Å². The van der Waals surface area contributed by atoms with Crippen LogP contribution in [0.2, 0.25) is 0 Å². The normalized spacial score (nSPS) is 11.8. The molecule has 0 aliphatic heterocycles. The highest BCUT2D eigenvalue weighted by Gasteiger charge is 2.34. The van der Waals surface area contributed by atoms with E-state index < -0.39 is 17.6 Å². The van der Waals surface area contributed by atoms with Gasteiger partial charge in [0.1, 0.15) is 10.8 Å². The zero-order chi connectivity index (χ0) is 14.0. The van der Waals surface area contributed by atoms with E-state index in [0.717, 1.165) is 29.5 Å². The van der Waals surface area contributed by atoms with Crippen LogP contribution in [-0.2, 0) is 12.6 Å². The molecule has 1 heterocycles. The number of benzene rings is 1. The van der Waals surface area contributed by atoms with Crippen LogP contribution in [0.5, 0.6) is 0 Å². The molecule has 2 aromatic rings. The number of alkyl halides is 3. The molecular formula is C12H10F4N2S. The molecule has 0 fully saturated rings. The first-order valence-corrected chi connectivity index (χ1v) is 6.31. The molecule has 0 spiro atoms. The summed E-state index contributed by atoms with van der Waals surface area (Å²) in [6.45, 7) is 0.360. The van der Waals surface area contributed by atoms with E-state index in [-0.39, 0.29) is 10.6 Å². The molecular weight excluding hydrogens is 280 g/mol. The fraction of sp³-hybridized carbons (Fsp3) is 0.250. The van der Waals surface area contributed by atoms with Crippen molar-refractivity contribution in [2.75, 3.05) is 6.54 Å². The van der Waals surface area contributed by atoms with Crippen LogP contribution in [0.1, 0.15) is 11.3 Å². The lowest BCUT2D eigenvalue weighted by Gasteiger charge is -2.10. The van der Waals surface area contributed by atoms with Gasteiger partial charge in [-0.2, -0.15) is 13.2 Å². The van der Waals surface area contributed by atoms with E-state index in [0.29, 0.717) is 18.7 Å². The minimum Gasteiger partial charge on any atom is -0.330 e. The first kappa shape index (κ1) is 14.0. The Morgan fingerprint density at radius 1 is 1.26 bits per heavy atom. The van der Waals surface area contributed by atoms with Crippen LogP contribution < -0.4 is 5.73 Å². The van der Waals surface area contributed by atoms with Crippen LogP contribution in [0.3, 0.4) is 0 Å². The molecule has 0 saturated carbocycles. The van der Waals surface area contributed by atoms with Crippen LogP contribution in [0.25, 0.3) is 10.6 Å². The molecule has 1 aromatic carbocycles. The molecule has 0 amide bonds. The van der Waals surface area contributed by atoms with Gasteiger partial charge in [-0.15, -0.1) is 11.3 Å². The predicted molar refractivity (Wildman–Crippen MR) is 65.3 cm³/mol. The summed E-state index contributed by atoms with van der Waals surface area (Å²) in [4.78, 5) is 4.06. The van der Waals surface area contributed by atoms with Crippen molar-refractivity contribution in [3.8, 4) is 10.6 Å². The molecule has 0 atom stereocenters. The molecule has 7 heteroatoms. The van der Waals surface area contributed by atoms with E-state index >= 15 is 0 Å². The first-order valence-electron chi connectivity index (χ1n) is 5.43. The third-order valence-corrected chi connectivity index (χ3v) is 3.39. The van der Waals surface area contributed by atoms with Gasteiger partial charge in [-0.25, -0.2) is 9.37 Å². The van der Waals surface area contributed by atoms with Gasteiger partial charge in [-0.1, -0.05) is 0 Å². The summed E-state index contributed by atoms with van der Waals surface area (Å²) in [5.41, 5.74) is 4.85. The number of hydrogen-bond donors (Lipinski definition) is 1. The second-order valence-electron chi connectivity index (χ2n) is 3.87. The smallest absolute Gasteiger partial charge is 0.330 e. The lowest BCUT2D eigenvalue weighted by Crippen LogP contribution is -2.07. The van der Waals surface area contributed by atoms with Crippen LogP contribution in [0, 0.1) is 5.82 Å². The molecule has 2 nitrogen and oxygen atoms in total. The van der Waals surface area contributed by atoms with E-state index in [9.17, 15) is 17.6 Å². The Kier molecular flexibility index (Phi) is 3.86. The summed E-state index contributed by atoms with van der Waals surface area (Å²) in [6, 6.07) is 2.38. The van der Waals surface area contributed by atoms with Gasteiger partial charge in [0.2, 0.25) is 0 Å². The molecule has 0 bridgehead atoms. The molecule has 0 saturated heterocycles. The van der Waals surface area contributed by atoms with Gasteiger partial charge >= 0.3 is 6.18 Å². The average Bonchev–Trinajstić information content (AvgIpc) is 2.76. The fourth-order valence-electron chi connectivity index (χ4n) is 1.63. The number of halogens is 4. The third-order valence-electron chi connectivity index (χ3n) is 2.47. The van der Waals surface area contributed by atoms with Crippen molar-refractivity contribution in [3.63, 3.8) is 0 Å². The van der Waals surface area contributed by atoms with Crippen molar-refractivity contribution >= 4 is 11.3 Å². The second-order valence-corrected chi connectivity index (χ2v) is 4.73. The van der Waals surface area contributed by atoms with Crippen molar-refractivity contribution in [1.29, 1.82) is 0 Å². The summed E-state index contributed by atoms with van der Waals surface area (Å²) in [7, 11) is 0. The number of hydrogen-bond acceptors (Lipinski definition) is 3. The van der Waals surface area contributed by atoms with Gasteiger partial charge in [0.05, 0.1) is 11.3 Å². The first-order chi connectivity index (χ1) is 8.91. The number of nitrogens with zero attached hydrogens (tertiary/aromatic N) is 1. The van der Waals surface area contributed by atoms with Crippen molar-refractivity contribution in [2.24, 2.45) is 5.73 Å². The number of rotatable bonds is 3. The van der Waals surface area contributed by atoms with Gasteiger partial charge < -0.3 is 5.73 Å². The Labute approximate surface area is 110 Å². The average molecular weight is 290 g/mol. The monoisotopic (exact) mass is 290 g/mol. The highest BCUT2D eigenvalue weighted by atomic mass is 32.1. The largest absolute Gasteiger partial charge is 0.417 e. The summed E-state index contributed by atoms with van der Waals surface area (Å²) in [6.07, 6.45) is -4.06. The zero-order valence-electron chi connectivity index (χ0n) is 9.67. The van der Waals surface area contributed by atoms with E-state index in [2.05, 4.69) is 4.98 Å². The third kappa shape index (κ3) is 3.10. The molecule has 0 radical (unpaired) electrons. The zero-order valence-corrected chi connectivity index (χ0v) is 10.5. The number of nitrogens with two attached hydrogens (primary N) is 1. The highest BCUT2D eigenvalue weighted by molar-refractivity contribution is 7.13. The molecule has 102 valence electrons. The standard InChI is InChI=1S/C12H10F4N2S/c13-7-1-2-10(12(14,15)16)9(5-7)11-18-8(3-4-17)6-19-11/h1-2,5-6H,3-4,17H2. The lowest BCUT2D eigenvalue weighted by atomic mass is 10.1. The molecule has 0 unspecified atom stereocenters. The van der Waals surface area contributed by atoms with Crippen molar-refractivity contribution < 1.29 is 17.6 Å². The van der Waals surface area contributed by atoms with E-state index in [1.165, 1.54) is 0 Å². The van der Waals surface area contributed by atoms with Crippen LogP contribution in [-0.4, -0.2) is 11.5 Å². The van der Waals surface area contributed by atoms with Crippen molar-refractivity contribution in [3.05, 3.63) is 40.7 Å². The minimum absolute atomic E-state index is 0.148. The second kappa shape index (κ2) is 5.26. The molecule has 1 aromatic heterocycles. The summed E-state index contributed by atoms with van der Waals surface area (Å²) in [5, 5.41) is 1.78. The molecule has 0 aliphatic carbocycles. The molecule has 2 rings (SSSR count). The van der Waals surface area contributed by atoms with Crippen LogP contribution in [0.4, 0.5) is 17.6 Å². The van der Waals surface area contributed by atoms with Crippen LogP contribution in [0.15, 0.2) is 23.6 Å². The highest BCUT2D eigenvalue weighted by Crippen LogP contribution is 2.38. The lowest BCUT2D eigenvalue weighted by molar-refractivity contribution is -0.137. The Balaban J connectivity index is 2.50. The minimum atomic E-state index is -4.54. The SMILES string of the molecule is NCCc1csc(-c2cc(F)ccc2C(F)(F)F)n1. The van der Waals surface area contributed by atoms with Gasteiger partial charge in [0, 0.05) is 17.4 Å². The van der Waals surface area contributed by atoms with Gasteiger partial charge in [0.15, 0.2) is 0 Å². The van der Waals surface area contributed by atoms with Crippen molar-refractivity contribution in [2.45, 2.75) is 12.6 Å². The summed E-state index contributed by atoms with van der Waals surface area (Å²) < 4.78 is 51.7. The summed E-state index contributed by atoms with van der Waals surface area (Å²) in [5.74, 6) is -0.724. The van der Waals surface area contributed by atoms with Gasteiger partial charge in [-0.05, 0) is 24.7 Å². The van der Waals surface area contributed by atoms with Crippen LogP contribution >= 0.6 is 11.3 Å². The van der Waals surface area contributed by atoms with E-state index in [4.69, 9.17) is 5.73 Å². The Hall–Kier alpha value is -1.47. The predicted octanol–water partition coefficient (Wildman–Crippen LogP) is 3.47. The Morgan fingerprint density at radius 2 is 2.00 bits per heavy atom. The fourth-order valence-corrected chi connectivity index (χ4v) is 2.52. The Morgan fingerprint density at radius 3 is 2.63 bits per heavy atom. The quantitative estimate of drug-likeness (QED) is 0.879. The number of thiazole rings is 1. The molecule has 2 N–H and O–H groups in total. The van der Waals surface area contributed by atoms with Gasteiger partial charge in [0.25, 0.3) is 0 Å². The maximum absolute atomic E-state index is 13.2. The van der Waals surface area contributed by atoms with Crippen molar-refractivity contribution in [1.82, 2.24) is 4.98 Å².